The van der Waals surface area contributed by atoms with Gasteiger partial charge in [-0.1, -0.05) is 46.3 Å². The number of halogens is 1. The number of hydrogen-bond donors (Lipinski definition) is 0. The van der Waals surface area contributed by atoms with E-state index in [9.17, 15) is 0 Å². The minimum absolute atomic E-state index is 0.420. The highest BCUT2D eigenvalue weighted by molar-refractivity contribution is 9.09. The summed E-state index contributed by atoms with van der Waals surface area (Å²) in [5, 5.41) is 0. The Morgan fingerprint density at radius 3 is 2.64 bits per heavy atom. The van der Waals surface area contributed by atoms with Crippen molar-refractivity contribution in [2.75, 3.05) is 6.61 Å². The van der Waals surface area contributed by atoms with Gasteiger partial charge in [0.05, 0.1) is 12.7 Å². The molecule has 1 aliphatic heterocycles. The van der Waals surface area contributed by atoms with Crippen LogP contribution < -0.4 is 0 Å². The lowest BCUT2D eigenvalue weighted by molar-refractivity contribution is 0.120. The second-order valence-electron chi connectivity index (χ2n) is 3.95. The van der Waals surface area contributed by atoms with Crippen LogP contribution >= 0.6 is 15.9 Å². The smallest absolute Gasteiger partial charge is 0.0551 e. The molecule has 1 saturated heterocycles. The van der Waals surface area contributed by atoms with E-state index in [2.05, 4.69) is 53.2 Å². The molecular formula is C12H15BrO. The first-order valence-electron chi connectivity index (χ1n) is 5.08. The Kier molecular flexibility index (Phi) is 3.24. The van der Waals surface area contributed by atoms with Gasteiger partial charge in [0.2, 0.25) is 0 Å². The fraction of sp³-hybridized carbons (Fsp3) is 0.500. The second kappa shape index (κ2) is 4.45. The fourth-order valence-corrected chi connectivity index (χ4v) is 2.64. The fourth-order valence-electron chi connectivity index (χ4n) is 1.96. The minimum Gasteiger partial charge on any atom is -0.378 e. The molecule has 1 aliphatic rings. The van der Waals surface area contributed by atoms with E-state index < -0.39 is 0 Å². The first kappa shape index (κ1) is 10.2. The van der Waals surface area contributed by atoms with Crippen LogP contribution in [0.5, 0.6) is 0 Å². The highest BCUT2D eigenvalue weighted by Gasteiger charge is 2.28. The van der Waals surface area contributed by atoms with Crippen LogP contribution in [0, 0.1) is 5.92 Å². The Bertz CT molecular complexity index is 286. The van der Waals surface area contributed by atoms with E-state index in [-0.39, 0.29) is 0 Å². The molecule has 0 aliphatic carbocycles. The molecule has 0 aromatic heterocycles. The molecule has 3 unspecified atom stereocenters. The van der Waals surface area contributed by atoms with Crippen molar-refractivity contribution in [1.29, 1.82) is 0 Å². The lowest BCUT2D eigenvalue weighted by Crippen LogP contribution is -2.07. The molecule has 0 radical (unpaired) electrons. The number of alkyl halides is 1. The average molecular weight is 255 g/mol. The van der Waals surface area contributed by atoms with E-state index in [1.165, 1.54) is 5.56 Å². The first-order chi connectivity index (χ1) is 6.77. The van der Waals surface area contributed by atoms with E-state index in [0.717, 1.165) is 13.0 Å². The van der Waals surface area contributed by atoms with Gasteiger partial charge < -0.3 is 4.74 Å². The zero-order valence-electron chi connectivity index (χ0n) is 8.32. The van der Waals surface area contributed by atoms with E-state index in [1.807, 2.05) is 0 Å². The van der Waals surface area contributed by atoms with Gasteiger partial charge in [0.25, 0.3) is 0 Å². The Morgan fingerprint density at radius 2 is 2.07 bits per heavy atom. The van der Waals surface area contributed by atoms with Crippen LogP contribution in [0.25, 0.3) is 0 Å². The number of rotatable bonds is 2. The summed E-state index contributed by atoms with van der Waals surface area (Å²) in [6.07, 6.45) is 1.58. The van der Waals surface area contributed by atoms with Gasteiger partial charge in [-0.3, -0.25) is 0 Å². The molecule has 0 N–H and O–H groups in total. The van der Waals surface area contributed by atoms with Crippen LogP contribution in [-0.4, -0.2) is 12.7 Å². The maximum Gasteiger partial charge on any atom is 0.0551 e. The topological polar surface area (TPSA) is 9.23 Å². The zero-order valence-corrected chi connectivity index (χ0v) is 9.91. The van der Waals surface area contributed by atoms with Gasteiger partial charge in [0, 0.05) is 10.7 Å². The van der Waals surface area contributed by atoms with Gasteiger partial charge in [0.1, 0.15) is 0 Å². The maximum atomic E-state index is 5.58. The molecule has 0 amide bonds. The molecule has 3 atom stereocenters. The molecule has 1 fully saturated rings. The summed E-state index contributed by atoms with van der Waals surface area (Å²) in [6.45, 7) is 3.02. The number of benzene rings is 1. The monoisotopic (exact) mass is 254 g/mol. The lowest BCUT2D eigenvalue weighted by Gasteiger charge is -2.15. The van der Waals surface area contributed by atoms with Gasteiger partial charge in [-0.25, -0.2) is 0 Å². The van der Waals surface area contributed by atoms with Crippen molar-refractivity contribution >= 4 is 15.9 Å². The van der Waals surface area contributed by atoms with Crippen molar-refractivity contribution in [3.63, 3.8) is 0 Å². The summed E-state index contributed by atoms with van der Waals surface area (Å²) in [5.74, 6) is 0.618. The molecule has 0 saturated carbocycles. The molecule has 1 aromatic rings. The summed E-state index contributed by atoms with van der Waals surface area (Å²) in [4.78, 5) is 0.439. The molecule has 2 rings (SSSR count). The third kappa shape index (κ3) is 2.18. The third-order valence-corrected chi connectivity index (χ3v) is 4.04. The SMILES string of the molecule is CC1CC(C(Br)c2ccccc2)CO1. The van der Waals surface area contributed by atoms with Crippen LogP contribution in [0.2, 0.25) is 0 Å². The van der Waals surface area contributed by atoms with Crippen molar-refractivity contribution in [3.05, 3.63) is 35.9 Å². The normalized spacial score (nSPS) is 29.0. The van der Waals surface area contributed by atoms with Gasteiger partial charge >= 0.3 is 0 Å². The van der Waals surface area contributed by atoms with Gasteiger partial charge in [-0.15, -0.1) is 0 Å². The predicted octanol–water partition coefficient (Wildman–Crippen LogP) is 3.55. The molecule has 0 spiro atoms. The van der Waals surface area contributed by atoms with E-state index in [4.69, 9.17) is 4.74 Å². The van der Waals surface area contributed by atoms with Crippen LogP contribution in [0.3, 0.4) is 0 Å². The summed E-state index contributed by atoms with van der Waals surface area (Å²) in [5.41, 5.74) is 1.36. The number of ether oxygens (including phenoxy) is 1. The standard InChI is InChI=1S/C12H15BrO/c1-9-7-11(8-14-9)12(13)10-5-3-2-4-6-10/h2-6,9,11-12H,7-8H2,1H3. The van der Waals surface area contributed by atoms with E-state index in [1.54, 1.807) is 0 Å². The van der Waals surface area contributed by atoms with Crippen LogP contribution in [0.15, 0.2) is 30.3 Å². The average Bonchev–Trinajstić information content (AvgIpc) is 2.65. The second-order valence-corrected chi connectivity index (χ2v) is 4.94. The molecule has 2 heteroatoms. The van der Waals surface area contributed by atoms with Gasteiger partial charge in [-0.2, -0.15) is 0 Å². The Hall–Kier alpha value is -0.340. The molecule has 1 heterocycles. The summed E-state index contributed by atoms with van der Waals surface area (Å²) < 4.78 is 5.58. The molecule has 14 heavy (non-hydrogen) atoms. The lowest BCUT2D eigenvalue weighted by atomic mass is 9.97. The molecule has 1 aromatic carbocycles. The Balaban J connectivity index is 2.05. The van der Waals surface area contributed by atoms with Crippen LogP contribution in [0.4, 0.5) is 0 Å². The van der Waals surface area contributed by atoms with Gasteiger partial charge in [0.15, 0.2) is 0 Å². The highest BCUT2D eigenvalue weighted by atomic mass is 79.9. The Morgan fingerprint density at radius 1 is 1.36 bits per heavy atom. The van der Waals surface area contributed by atoms with Crippen molar-refractivity contribution in [2.24, 2.45) is 5.92 Å². The summed E-state index contributed by atoms with van der Waals surface area (Å²) in [7, 11) is 0. The predicted molar refractivity (Wildman–Crippen MR) is 61.6 cm³/mol. The largest absolute Gasteiger partial charge is 0.378 e. The maximum absolute atomic E-state index is 5.58. The van der Waals surface area contributed by atoms with Crippen molar-refractivity contribution in [3.8, 4) is 0 Å². The highest BCUT2D eigenvalue weighted by Crippen LogP contribution is 2.37. The molecule has 1 nitrogen and oxygen atoms in total. The quantitative estimate of drug-likeness (QED) is 0.734. The molecular weight excluding hydrogens is 240 g/mol. The number of hydrogen-bond acceptors (Lipinski definition) is 1. The van der Waals surface area contributed by atoms with Gasteiger partial charge in [-0.05, 0) is 18.9 Å². The summed E-state index contributed by atoms with van der Waals surface area (Å²) >= 11 is 3.76. The van der Waals surface area contributed by atoms with Crippen molar-refractivity contribution in [1.82, 2.24) is 0 Å². The molecule has 0 bridgehead atoms. The minimum atomic E-state index is 0.420. The first-order valence-corrected chi connectivity index (χ1v) is 5.99. The molecule has 76 valence electrons. The van der Waals surface area contributed by atoms with E-state index >= 15 is 0 Å². The third-order valence-electron chi connectivity index (χ3n) is 2.76. The van der Waals surface area contributed by atoms with Crippen LogP contribution in [0.1, 0.15) is 23.7 Å². The zero-order chi connectivity index (χ0) is 9.97. The van der Waals surface area contributed by atoms with Crippen molar-refractivity contribution < 1.29 is 4.74 Å². The van der Waals surface area contributed by atoms with Crippen LogP contribution in [-0.2, 0) is 4.74 Å². The van der Waals surface area contributed by atoms with Crippen molar-refractivity contribution in [2.45, 2.75) is 24.3 Å². The summed E-state index contributed by atoms with van der Waals surface area (Å²) in [6, 6.07) is 10.6. The Labute approximate surface area is 93.6 Å². The van der Waals surface area contributed by atoms with E-state index in [0.29, 0.717) is 16.8 Å².